The summed E-state index contributed by atoms with van der Waals surface area (Å²) in [6.45, 7) is 0. The molecule has 1 heterocycles. The van der Waals surface area contributed by atoms with E-state index in [9.17, 15) is 4.79 Å². The monoisotopic (exact) mass is 439 g/mol. The van der Waals surface area contributed by atoms with Crippen LogP contribution in [-0.2, 0) is 0 Å². The molecule has 144 valence electrons. The predicted octanol–water partition coefficient (Wildman–Crippen LogP) is 7.11. The Kier molecular flexibility index (Phi) is 5.81. The number of hydrogen-bond acceptors (Lipinski definition) is 4. The highest BCUT2D eigenvalue weighted by atomic mass is 35.5. The number of amides is 1. The van der Waals surface area contributed by atoms with Gasteiger partial charge in [-0.25, -0.2) is 4.98 Å². The fourth-order valence-corrected chi connectivity index (χ4v) is 3.77. The van der Waals surface area contributed by atoms with Crippen LogP contribution in [0.4, 0.5) is 16.5 Å². The maximum atomic E-state index is 12.4. The highest BCUT2D eigenvalue weighted by molar-refractivity contribution is 7.14. The fourth-order valence-electron chi connectivity index (χ4n) is 2.71. The summed E-state index contributed by atoms with van der Waals surface area (Å²) in [5.41, 5.74) is 3.85. The van der Waals surface area contributed by atoms with Crippen molar-refractivity contribution in [3.8, 4) is 11.3 Å². The molecule has 0 radical (unpaired) electrons. The van der Waals surface area contributed by atoms with Crippen LogP contribution in [-0.4, -0.2) is 10.9 Å². The Balaban J connectivity index is 1.49. The van der Waals surface area contributed by atoms with Crippen molar-refractivity contribution in [1.82, 2.24) is 4.98 Å². The number of benzene rings is 3. The first kappa shape index (κ1) is 19.5. The Morgan fingerprint density at radius 1 is 0.862 bits per heavy atom. The molecule has 4 aromatic rings. The fraction of sp³-hybridized carbons (Fsp3) is 0. The number of aromatic nitrogens is 1. The smallest absolute Gasteiger partial charge is 0.255 e. The third kappa shape index (κ3) is 4.95. The van der Waals surface area contributed by atoms with Gasteiger partial charge in [-0.2, -0.15) is 0 Å². The molecule has 0 aliphatic heterocycles. The van der Waals surface area contributed by atoms with Gasteiger partial charge in [0.15, 0.2) is 5.13 Å². The van der Waals surface area contributed by atoms with Gasteiger partial charge in [-0.15, -0.1) is 11.3 Å². The molecule has 1 amide bonds. The number of nitrogens with zero attached hydrogens (tertiary/aromatic N) is 1. The van der Waals surface area contributed by atoms with Crippen molar-refractivity contribution >= 4 is 57.0 Å². The number of thiazole rings is 1. The van der Waals surface area contributed by atoms with Crippen LogP contribution in [0.5, 0.6) is 0 Å². The summed E-state index contributed by atoms with van der Waals surface area (Å²) in [5.74, 6) is -0.194. The molecule has 0 aliphatic rings. The zero-order valence-electron chi connectivity index (χ0n) is 15.0. The minimum absolute atomic E-state index is 0.194. The van der Waals surface area contributed by atoms with Gasteiger partial charge in [0.2, 0.25) is 0 Å². The zero-order chi connectivity index (χ0) is 20.2. The molecule has 0 saturated heterocycles. The lowest BCUT2D eigenvalue weighted by atomic mass is 10.1. The maximum absolute atomic E-state index is 12.4. The number of carbonyl (C=O) groups is 1. The van der Waals surface area contributed by atoms with Gasteiger partial charge in [0, 0.05) is 37.9 Å². The molecule has 2 N–H and O–H groups in total. The molecular formula is C22H15Cl2N3OS. The average Bonchev–Trinajstić information content (AvgIpc) is 3.17. The molecule has 0 atom stereocenters. The summed E-state index contributed by atoms with van der Waals surface area (Å²) in [6.07, 6.45) is 0. The Morgan fingerprint density at radius 3 is 2.41 bits per heavy atom. The first-order valence-electron chi connectivity index (χ1n) is 8.72. The lowest BCUT2D eigenvalue weighted by Gasteiger charge is -2.07. The molecule has 0 bridgehead atoms. The Labute approximate surface area is 182 Å². The van der Waals surface area contributed by atoms with Crippen LogP contribution in [0.2, 0.25) is 10.0 Å². The minimum atomic E-state index is -0.194. The van der Waals surface area contributed by atoms with E-state index >= 15 is 0 Å². The number of nitrogens with one attached hydrogen (secondary N) is 2. The van der Waals surface area contributed by atoms with E-state index in [4.69, 9.17) is 23.2 Å². The van der Waals surface area contributed by atoms with Crippen LogP contribution in [0, 0.1) is 0 Å². The number of carbonyl (C=O) groups excluding carboxylic acids is 1. The second-order valence-electron chi connectivity index (χ2n) is 6.22. The normalized spacial score (nSPS) is 10.6. The van der Waals surface area contributed by atoms with E-state index < -0.39 is 0 Å². The highest BCUT2D eigenvalue weighted by Gasteiger charge is 2.09. The van der Waals surface area contributed by atoms with Gasteiger partial charge < -0.3 is 10.6 Å². The molecule has 0 fully saturated rings. The second kappa shape index (κ2) is 8.66. The van der Waals surface area contributed by atoms with Crippen molar-refractivity contribution in [2.75, 3.05) is 10.6 Å². The van der Waals surface area contributed by atoms with E-state index in [-0.39, 0.29) is 5.91 Å². The third-order valence-electron chi connectivity index (χ3n) is 4.10. The van der Waals surface area contributed by atoms with Crippen molar-refractivity contribution in [1.29, 1.82) is 0 Å². The van der Waals surface area contributed by atoms with E-state index in [0.29, 0.717) is 21.3 Å². The topological polar surface area (TPSA) is 54.0 Å². The van der Waals surface area contributed by atoms with Gasteiger partial charge in [0.05, 0.1) is 5.69 Å². The highest BCUT2D eigenvalue weighted by Crippen LogP contribution is 2.29. The molecule has 0 saturated carbocycles. The number of anilines is 3. The molecule has 0 unspecified atom stereocenters. The lowest BCUT2D eigenvalue weighted by Crippen LogP contribution is -2.11. The van der Waals surface area contributed by atoms with Gasteiger partial charge in [0.1, 0.15) is 0 Å². The van der Waals surface area contributed by atoms with E-state index in [1.807, 2.05) is 53.9 Å². The molecule has 29 heavy (non-hydrogen) atoms. The van der Waals surface area contributed by atoms with Gasteiger partial charge in [-0.3, -0.25) is 4.79 Å². The first-order chi connectivity index (χ1) is 14.1. The van der Waals surface area contributed by atoms with Crippen molar-refractivity contribution < 1.29 is 4.79 Å². The molecule has 3 aromatic carbocycles. The average molecular weight is 440 g/mol. The molecule has 0 spiro atoms. The SMILES string of the molecule is O=C(Nc1cccc(-c2csc(Nc3cccc(Cl)c3)n2)c1)c1ccc(Cl)cc1. The molecule has 0 aliphatic carbocycles. The van der Waals surface area contributed by atoms with Gasteiger partial charge >= 0.3 is 0 Å². The number of hydrogen-bond donors (Lipinski definition) is 2. The van der Waals surface area contributed by atoms with Gasteiger partial charge in [0.25, 0.3) is 5.91 Å². The van der Waals surface area contributed by atoms with Crippen LogP contribution >= 0.6 is 34.5 Å². The van der Waals surface area contributed by atoms with Crippen molar-refractivity contribution in [3.63, 3.8) is 0 Å². The Bertz CT molecular complexity index is 1160. The van der Waals surface area contributed by atoms with Crippen molar-refractivity contribution in [2.45, 2.75) is 0 Å². The van der Waals surface area contributed by atoms with Crippen molar-refractivity contribution in [2.24, 2.45) is 0 Å². The standard InChI is InChI=1S/C22H15Cl2N3OS/c23-16-9-7-14(8-10-16)21(28)25-18-5-1-3-15(11-18)20-13-29-22(27-20)26-19-6-2-4-17(24)12-19/h1-13H,(H,25,28)(H,26,27). The third-order valence-corrected chi connectivity index (χ3v) is 5.35. The Hall–Kier alpha value is -2.86. The molecule has 1 aromatic heterocycles. The summed E-state index contributed by atoms with van der Waals surface area (Å²) in [5, 5.41) is 10.1. The summed E-state index contributed by atoms with van der Waals surface area (Å²) < 4.78 is 0. The maximum Gasteiger partial charge on any atom is 0.255 e. The predicted molar refractivity (Wildman–Crippen MR) is 122 cm³/mol. The van der Waals surface area contributed by atoms with Gasteiger partial charge in [-0.05, 0) is 54.6 Å². The van der Waals surface area contributed by atoms with Crippen LogP contribution in [0.1, 0.15) is 10.4 Å². The van der Waals surface area contributed by atoms with Crippen molar-refractivity contribution in [3.05, 3.63) is 93.8 Å². The molecular weight excluding hydrogens is 425 g/mol. The summed E-state index contributed by atoms with van der Waals surface area (Å²) >= 11 is 13.4. The van der Waals surface area contributed by atoms with Gasteiger partial charge in [-0.1, -0.05) is 41.4 Å². The van der Waals surface area contributed by atoms with E-state index in [2.05, 4.69) is 15.6 Å². The molecule has 7 heteroatoms. The Morgan fingerprint density at radius 2 is 1.62 bits per heavy atom. The van der Waals surface area contributed by atoms with E-state index in [1.165, 1.54) is 11.3 Å². The summed E-state index contributed by atoms with van der Waals surface area (Å²) in [7, 11) is 0. The first-order valence-corrected chi connectivity index (χ1v) is 10.4. The minimum Gasteiger partial charge on any atom is -0.331 e. The molecule has 4 rings (SSSR count). The number of halogens is 2. The van der Waals surface area contributed by atoms with Crippen LogP contribution in [0.15, 0.2) is 78.2 Å². The summed E-state index contributed by atoms with van der Waals surface area (Å²) in [4.78, 5) is 17.0. The van der Waals surface area contributed by atoms with Crippen LogP contribution in [0.25, 0.3) is 11.3 Å². The summed E-state index contributed by atoms with van der Waals surface area (Å²) in [6, 6.07) is 21.8. The molecule has 4 nitrogen and oxygen atoms in total. The van der Waals surface area contributed by atoms with Crippen LogP contribution in [0.3, 0.4) is 0 Å². The number of rotatable bonds is 5. The zero-order valence-corrected chi connectivity index (χ0v) is 17.4. The van der Waals surface area contributed by atoms with Crippen LogP contribution < -0.4 is 10.6 Å². The van der Waals surface area contributed by atoms with E-state index in [0.717, 1.165) is 22.1 Å². The largest absolute Gasteiger partial charge is 0.331 e. The quantitative estimate of drug-likeness (QED) is 0.348. The second-order valence-corrected chi connectivity index (χ2v) is 7.95. The van der Waals surface area contributed by atoms with E-state index in [1.54, 1.807) is 24.3 Å². The lowest BCUT2D eigenvalue weighted by molar-refractivity contribution is 0.102.